The molecule has 0 unspecified atom stereocenters. The molecule has 0 bridgehead atoms. The van der Waals surface area contributed by atoms with Crippen molar-refractivity contribution < 1.29 is 17.9 Å². The van der Waals surface area contributed by atoms with Crippen molar-refractivity contribution >= 4 is 15.9 Å². The fourth-order valence-electron chi connectivity index (χ4n) is 2.93. The summed E-state index contributed by atoms with van der Waals surface area (Å²) in [5.74, 6) is 0.794. The molecule has 1 amide bonds. The van der Waals surface area contributed by atoms with E-state index in [9.17, 15) is 13.2 Å². The molecule has 0 spiro atoms. The molecule has 0 aliphatic carbocycles. The van der Waals surface area contributed by atoms with Gasteiger partial charge < -0.3 is 10.1 Å². The van der Waals surface area contributed by atoms with Crippen LogP contribution in [0.3, 0.4) is 0 Å². The van der Waals surface area contributed by atoms with Gasteiger partial charge in [0.1, 0.15) is 5.75 Å². The first-order valence-corrected chi connectivity index (χ1v) is 10.1. The van der Waals surface area contributed by atoms with Gasteiger partial charge in [-0.3, -0.25) is 4.79 Å². The van der Waals surface area contributed by atoms with Crippen LogP contribution in [0.15, 0.2) is 24.3 Å². The van der Waals surface area contributed by atoms with Gasteiger partial charge in [0.25, 0.3) is 0 Å². The van der Waals surface area contributed by atoms with Gasteiger partial charge in [0.05, 0.1) is 13.4 Å². The Kier molecular flexibility index (Phi) is 6.62. The van der Waals surface area contributed by atoms with Crippen LogP contribution >= 0.6 is 0 Å². The predicted octanol–water partition coefficient (Wildman–Crippen LogP) is 1.42. The Bertz CT molecular complexity index is 652. The minimum absolute atomic E-state index is 0.0359. The molecule has 2 rings (SSSR count). The molecule has 0 aromatic heterocycles. The summed E-state index contributed by atoms with van der Waals surface area (Å²) in [6, 6.07) is 7.92. The minimum Gasteiger partial charge on any atom is -0.497 e. The van der Waals surface area contributed by atoms with E-state index in [0.717, 1.165) is 18.6 Å². The average Bonchev–Trinajstić information content (AvgIpc) is 2.58. The quantitative estimate of drug-likeness (QED) is 0.752. The van der Waals surface area contributed by atoms with Crippen molar-refractivity contribution in [1.82, 2.24) is 9.62 Å². The summed E-state index contributed by atoms with van der Waals surface area (Å²) in [6.45, 7) is 1.49. The van der Waals surface area contributed by atoms with Crippen LogP contribution in [0.4, 0.5) is 0 Å². The molecule has 0 saturated carbocycles. The van der Waals surface area contributed by atoms with Gasteiger partial charge >= 0.3 is 0 Å². The van der Waals surface area contributed by atoms with E-state index in [2.05, 4.69) is 5.32 Å². The van der Waals surface area contributed by atoms with Crippen LogP contribution in [-0.4, -0.2) is 51.6 Å². The minimum atomic E-state index is -3.14. The summed E-state index contributed by atoms with van der Waals surface area (Å²) in [7, 11) is -1.49. The maximum absolute atomic E-state index is 12.2. The second-order valence-electron chi connectivity index (χ2n) is 6.18. The lowest BCUT2D eigenvalue weighted by molar-refractivity contribution is -0.126. The smallest absolute Gasteiger partial charge is 0.223 e. The van der Waals surface area contributed by atoms with Crippen molar-refractivity contribution in [2.45, 2.75) is 25.7 Å². The van der Waals surface area contributed by atoms with Crippen molar-refractivity contribution in [3.63, 3.8) is 0 Å². The van der Waals surface area contributed by atoms with Crippen LogP contribution in [-0.2, 0) is 21.2 Å². The Hall–Kier alpha value is -1.60. The third-order valence-electron chi connectivity index (χ3n) is 4.37. The molecule has 1 aliphatic rings. The zero-order valence-electron chi connectivity index (χ0n) is 14.3. The first kappa shape index (κ1) is 18.7. The van der Waals surface area contributed by atoms with E-state index in [1.54, 1.807) is 7.11 Å². The van der Waals surface area contributed by atoms with Crippen LogP contribution in [0.5, 0.6) is 5.75 Å². The second-order valence-corrected chi connectivity index (χ2v) is 8.16. The number of hydrogen-bond donors (Lipinski definition) is 1. The highest BCUT2D eigenvalue weighted by Crippen LogP contribution is 2.19. The third kappa shape index (κ3) is 5.49. The number of rotatable bonds is 7. The van der Waals surface area contributed by atoms with Crippen LogP contribution in [0.2, 0.25) is 0 Å². The SMILES string of the molecule is COc1cccc(CCCNC(=O)C2CCN(S(C)(=O)=O)CC2)c1. The fourth-order valence-corrected chi connectivity index (χ4v) is 3.80. The number of methoxy groups -OCH3 is 1. The number of piperidine rings is 1. The van der Waals surface area contributed by atoms with Crippen molar-refractivity contribution in [2.24, 2.45) is 5.92 Å². The number of ether oxygens (including phenoxy) is 1. The normalized spacial score (nSPS) is 16.8. The molecule has 1 saturated heterocycles. The van der Waals surface area contributed by atoms with E-state index in [0.29, 0.717) is 32.5 Å². The number of benzene rings is 1. The number of sulfonamides is 1. The lowest BCUT2D eigenvalue weighted by Crippen LogP contribution is -2.42. The first-order chi connectivity index (χ1) is 11.4. The number of amides is 1. The van der Waals surface area contributed by atoms with E-state index in [-0.39, 0.29) is 11.8 Å². The topological polar surface area (TPSA) is 75.7 Å². The van der Waals surface area contributed by atoms with Gasteiger partial charge in [0, 0.05) is 25.6 Å². The largest absolute Gasteiger partial charge is 0.497 e. The lowest BCUT2D eigenvalue weighted by Gasteiger charge is -2.29. The summed E-state index contributed by atoms with van der Waals surface area (Å²) < 4.78 is 29.6. The molecule has 1 N–H and O–H groups in total. The van der Waals surface area contributed by atoms with Crippen LogP contribution < -0.4 is 10.1 Å². The van der Waals surface area contributed by atoms with Gasteiger partial charge in [-0.15, -0.1) is 0 Å². The Balaban J connectivity index is 1.68. The Morgan fingerprint density at radius 1 is 1.33 bits per heavy atom. The van der Waals surface area contributed by atoms with Crippen molar-refractivity contribution in [3.05, 3.63) is 29.8 Å². The molecule has 1 aromatic rings. The Morgan fingerprint density at radius 3 is 2.67 bits per heavy atom. The van der Waals surface area contributed by atoms with Crippen molar-refractivity contribution in [1.29, 1.82) is 0 Å². The van der Waals surface area contributed by atoms with E-state index in [1.165, 1.54) is 16.1 Å². The highest BCUT2D eigenvalue weighted by molar-refractivity contribution is 7.88. The molecule has 1 heterocycles. The van der Waals surface area contributed by atoms with E-state index in [1.807, 2.05) is 24.3 Å². The van der Waals surface area contributed by atoms with Gasteiger partial charge in [0.2, 0.25) is 15.9 Å². The summed E-state index contributed by atoms with van der Waals surface area (Å²) >= 11 is 0. The maximum atomic E-state index is 12.2. The van der Waals surface area contributed by atoms with Crippen LogP contribution in [0.25, 0.3) is 0 Å². The average molecular weight is 354 g/mol. The fraction of sp³-hybridized carbons (Fsp3) is 0.588. The molecule has 6 nitrogen and oxygen atoms in total. The van der Waals surface area contributed by atoms with Crippen molar-refractivity contribution in [2.75, 3.05) is 33.0 Å². The zero-order chi connectivity index (χ0) is 17.6. The van der Waals surface area contributed by atoms with E-state index < -0.39 is 10.0 Å². The number of carbonyl (C=O) groups excluding carboxylic acids is 1. The molecule has 134 valence electrons. The number of nitrogens with one attached hydrogen (secondary N) is 1. The first-order valence-electron chi connectivity index (χ1n) is 8.26. The predicted molar refractivity (Wildman–Crippen MR) is 93.5 cm³/mol. The highest BCUT2D eigenvalue weighted by Gasteiger charge is 2.28. The van der Waals surface area contributed by atoms with Gasteiger partial charge in [0.15, 0.2) is 0 Å². The van der Waals surface area contributed by atoms with E-state index >= 15 is 0 Å². The number of aryl methyl sites for hydroxylation is 1. The third-order valence-corrected chi connectivity index (χ3v) is 5.67. The van der Waals surface area contributed by atoms with Crippen molar-refractivity contribution in [3.8, 4) is 5.75 Å². The number of hydrogen-bond acceptors (Lipinski definition) is 4. The molecule has 0 radical (unpaired) electrons. The molecular weight excluding hydrogens is 328 g/mol. The zero-order valence-corrected chi connectivity index (χ0v) is 15.1. The van der Waals surface area contributed by atoms with Gasteiger partial charge in [-0.1, -0.05) is 12.1 Å². The molecular formula is C17H26N2O4S. The summed E-state index contributed by atoms with van der Waals surface area (Å²) in [5, 5.41) is 2.97. The molecule has 24 heavy (non-hydrogen) atoms. The number of nitrogens with zero attached hydrogens (tertiary/aromatic N) is 1. The maximum Gasteiger partial charge on any atom is 0.223 e. The van der Waals surface area contributed by atoms with Gasteiger partial charge in [-0.25, -0.2) is 12.7 Å². The van der Waals surface area contributed by atoms with E-state index in [4.69, 9.17) is 4.74 Å². The molecule has 1 aromatic carbocycles. The Labute approximate surface area is 144 Å². The Morgan fingerprint density at radius 2 is 2.04 bits per heavy atom. The second kappa shape index (κ2) is 8.48. The molecule has 0 atom stereocenters. The standard InChI is InChI=1S/C17H26N2O4S/c1-23-16-7-3-5-14(13-16)6-4-10-18-17(20)15-8-11-19(12-9-15)24(2,21)22/h3,5,7,13,15H,4,6,8-12H2,1-2H3,(H,18,20). The van der Waals surface area contributed by atoms with Gasteiger partial charge in [-0.05, 0) is 43.4 Å². The summed E-state index contributed by atoms with van der Waals surface area (Å²) in [6.07, 6.45) is 4.14. The van der Waals surface area contributed by atoms with Gasteiger partial charge in [-0.2, -0.15) is 0 Å². The lowest BCUT2D eigenvalue weighted by atomic mass is 9.97. The highest BCUT2D eigenvalue weighted by atomic mass is 32.2. The summed E-state index contributed by atoms with van der Waals surface area (Å²) in [5.41, 5.74) is 1.19. The molecule has 7 heteroatoms. The number of carbonyl (C=O) groups is 1. The summed E-state index contributed by atoms with van der Waals surface area (Å²) in [4.78, 5) is 12.2. The molecule has 1 fully saturated rings. The van der Waals surface area contributed by atoms with Crippen LogP contribution in [0.1, 0.15) is 24.8 Å². The van der Waals surface area contributed by atoms with Crippen LogP contribution in [0, 0.1) is 5.92 Å². The monoisotopic (exact) mass is 354 g/mol. The molecule has 1 aliphatic heterocycles.